The van der Waals surface area contributed by atoms with Gasteiger partial charge in [0.1, 0.15) is 5.75 Å². The van der Waals surface area contributed by atoms with Crippen LogP contribution in [0.15, 0.2) is 22.7 Å². The molecule has 2 rings (SSSR count). The molecule has 0 amide bonds. The van der Waals surface area contributed by atoms with E-state index >= 15 is 0 Å². The zero-order valence-corrected chi connectivity index (χ0v) is 10.7. The summed E-state index contributed by atoms with van der Waals surface area (Å²) in [7, 11) is 0. The second-order valence-electron chi connectivity index (χ2n) is 4.05. The highest BCUT2D eigenvalue weighted by atomic mass is 79.9. The fourth-order valence-electron chi connectivity index (χ4n) is 1.39. The first kappa shape index (κ1) is 11.9. The third-order valence-corrected chi connectivity index (χ3v) is 3.20. The standard InChI is InChI=1S/C12H16BrNO2/c13-11-5-10(6-14)3-4-12(11)16-8-15-7-9-1-2-9/h3-5,9H,1-2,6-8,14H2. The molecule has 0 aliphatic heterocycles. The van der Waals surface area contributed by atoms with Crippen LogP contribution in [0, 0.1) is 5.92 Å². The van der Waals surface area contributed by atoms with Gasteiger partial charge in [0, 0.05) is 6.54 Å². The molecule has 1 aliphatic carbocycles. The summed E-state index contributed by atoms with van der Waals surface area (Å²) in [6, 6.07) is 5.84. The highest BCUT2D eigenvalue weighted by molar-refractivity contribution is 9.10. The van der Waals surface area contributed by atoms with Crippen molar-refractivity contribution in [2.24, 2.45) is 11.7 Å². The summed E-state index contributed by atoms with van der Waals surface area (Å²) in [5, 5.41) is 0. The fraction of sp³-hybridized carbons (Fsp3) is 0.500. The van der Waals surface area contributed by atoms with E-state index in [4.69, 9.17) is 15.2 Å². The molecular formula is C12H16BrNO2. The molecule has 0 atom stereocenters. The first-order valence-corrected chi connectivity index (χ1v) is 6.28. The van der Waals surface area contributed by atoms with Crippen LogP contribution in [-0.2, 0) is 11.3 Å². The van der Waals surface area contributed by atoms with E-state index in [-0.39, 0.29) is 0 Å². The van der Waals surface area contributed by atoms with Gasteiger partial charge in [0.05, 0.1) is 11.1 Å². The summed E-state index contributed by atoms with van der Waals surface area (Å²) in [4.78, 5) is 0. The van der Waals surface area contributed by atoms with Gasteiger partial charge in [-0.2, -0.15) is 0 Å². The van der Waals surface area contributed by atoms with Crippen molar-refractivity contribution in [1.82, 2.24) is 0 Å². The lowest BCUT2D eigenvalue weighted by molar-refractivity contribution is 0.00956. The lowest BCUT2D eigenvalue weighted by atomic mass is 10.2. The molecule has 0 heterocycles. The van der Waals surface area contributed by atoms with Crippen LogP contribution in [0.25, 0.3) is 0 Å². The first-order valence-electron chi connectivity index (χ1n) is 5.48. The number of hydrogen-bond acceptors (Lipinski definition) is 3. The average Bonchev–Trinajstić information content (AvgIpc) is 3.10. The Hall–Kier alpha value is -0.580. The summed E-state index contributed by atoms with van der Waals surface area (Å²) in [5.74, 6) is 1.57. The smallest absolute Gasteiger partial charge is 0.189 e. The quantitative estimate of drug-likeness (QED) is 0.646. The van der Waals surface area contributed by atoms with Crippen molar-refractivity contribution >= 4 is 15.9 Å². The Morgan fingerprint density at radius 3 is 2.81 bits per heavy atom. The monoisotopic (exact) mass is 285 g/mol. The average molecular weight is 286 g/mol. The van der Waals surface area contributed by atoms with Gasteiger partial charge in [0.15, 0.2) is 6.79 Å². The molecule has 88 valence electrons. The van der Waals surface area contributed by atoms with E-state index in [1.807, 2.05) is 18.2 Å². The molecule has 3 nitrogen and oxygen atoms in total. The van der Waals surface area contributed by atoms with Gasteiger partial charge in [-0.15, -0.1) is 0 Å². The topological polar surface area (TPSA) is 44.5 Å². The van der Waals surface area contributed by atoms with E-state index in [0.29, 0.717) is 13.3 Å². The van der Waals surface area contributed by atoms with E-state index in [1.165, 1.54) is 12.8 Å². The molecule has 1 saturated carbocycles. The van der Waals surface area contributed by atoms with E-state index in [9.17, 15) is 0 Å². The summed E-state index contributed by atoms with van der Waals surface area (Å²) in [6.07, 6.45) is 2.60. The highest BCUT2D eigenvalue weighted by Crippen LogP contribution is 2.29. The van der Waals surface area contributed by atoms with Crippen LogP contribution >= 0.6 is 15.9 Å². The van der Waals surface area contributed by atoms with Crippen LogP contribution in [0.1, 0.15) is 18.4 Å². The zero-order valence-electron chi connectivity index (χ0n) is 9.12. The van der Waals surface area contributed by atoms with Crippen molar-refractivity contribution in [3.8, 4) is 5.75 Å². The predicted octanol–water partition coefficient (Wildman–Crippen LogP) is 2.67. The van der Waals surface area contributed by atoms with Gasteiger partial charge < -0.3 is 15.2 Å². The molecule has 0 radical (unpaired) electrons. The largest absolute Gasteiger partial charge is 0.466 e. The minimum absolute atomic E-state index is 0.317. The molecule has 1 aromatic carbocycles. The van der Waals surface area contributed by atoms with Gasteiger partial charge in [-0.05, 0) is 52.4 Å². The third-order valence-electron chi connectivity index (χ3n) is 2.58. The van der Waals surface area contributed by atoms with Crippen molar-refractivity contribution in [3.05, 3.63) is 28.2 Å². The maximum absolute atomic E-state index is 5.54. The molecule has 1 aliphatic rings. The van der Waals surface area contributed by atoms with Crippen molar-refractivity contribution in [3.63, 3.8) is 0 Å². The van der Waals surface area contributed by atoms with E-state index in [0.717, 1.165) is 28.3 Å². The molecule has 0 spiro atoms. The fourth-order valence-corrected chi connectivity index (χ4v) is 1.93. The second-order valence-corrected chi connectivity index (χ2v) is 4.90. The summed E-state index contributed by atoms with van der Waals surface area (Å²) in [6.45, 7) is 1.67. The number of hydrogen-bond donors (Lipinski definition) is 1. The van der Waals surface area contributed by atoms with Crippen molar-refractivity contribution < 1.29 is 9.47 Å². The van der Waals surface area contributed by atoms with Crippen molar-refractivity contribution in [1.29, 1.82) is 0 Å². The van der Waals surface area contributed by atoms with Gasteiger partial charge in [0.25, 0.3) is 0 Å². The number of benzene rings is 1. The molecule has 1 aromatic rings. The van der Waals surface area contributed by atoms with Gasteiger partial charge >= 0.3 is 0 Å². The SMILES string of the molecule is NCc1ccc(OCOCC2CC2)c(Br)c1. The lowest BCUT2D eigenvalue weighted by Gasteiger charge is -2.09. The van der Waals surface area contributed by atoms with E-state index < -0.39 is 0 Å². The Balaban J connectivity index is 1.78. The normalized spacial score (nSPS) is 15.1. The van der Waals surface area contributed by atoms with Crippen LogP contribution in [0.5, 0.6) is 5.75 Å². The van der Waals surface area contributed by atoms with Gasteiger partial charge in [-0.3, -0.25) is 0 Å². The third kappa shape index (κ3) is 3.47. The van der Waals surface area contributed by atoms with Gasteiger partial charge in [-0.25, -0.2) is 0 Å². The molecule has 4 heteroatoms. The number of halogens is 1. The number of ether oxygens (including phenoxy) is 2. The Kier molecular flexibility index (Phi) is 4.21. The zero-order chi connectivity index (χ0) is 11.4. The van der Waals surface area contributed by atoms with Gasteiger partial charge in [-0.1, -0.05) is 6.07 Å². The maximum atomic E-state index is 5.54. The molecule has 2 N–H and O–H groups in total. The minimum atomic E-state index is 0.317. The Morgan fingerprint density at radius 2 is 2.19 bits per heavy atom. The Bertz CT molecular complexity index is 353. The molecule has 1 fully saturated rings. The summed E-state index contributed by atoms with van der Waals surface area (Å²) >= 11 is 3.45. The first-order chi connectivity index (χ1) is 7.79. The Labute approximate surface area is 104 Å². The predicted molar refractivity (Wildman–Crippen MR) is 66.2 cm³/mol. The van der Waals surface area contributed by atoms with Crippen LogP contribution in [0.3, 0.4) is 0 Å². The molecule has 0 aromatic heterocycles. The number of nitrogens with two attached hydrogens (primary N) is 1. The van der Waals surface area contributed by atoms with Crippen molar-refractivity contribution in [2.45, 2.75) is 19.4 Å². The second kappa shape index (κ2) is 5.66. The minimum Gasteiger partial charge on any atom is -0.466 e. The molecule has 0 saturated heterocycles. The van der Waals surface area contributed by atoms with Crippen LogP contribution in [0.4, 0.5) is 0 Å². The lowest BCUT2D eigenvalue weighted by Crippen LogP contribution is -2.05. The highest BCUT2D eigenvalue weighted by Gasteiger charge is 2.21. The summed E-state index contributed by atoms with van der Waals surface area (Å²) in [5.41, 5.74) is 6.63. The molecular weight excluding hydrogens is 270 g/mol. The molecule has 0 bridgehead atoms. The molecule has 16 heavy (non-hydrogen) atoms. The van der Waals surface area contributed by atoms with E-state index in [1.54, 1.807) is 0 Å². The summed E-state index contributed by atoms with van der Waals surface area (Å²) < 4.78 is 11.8. The van der Waals surface area contributed by atoms with Crippen molar-refractivity contribution in [2.75, 3.05) is 13.4 Å². The Morgan fingerprint density at radius 1 is 1.38 bits per heavy atom. The molecule has 0 unspecified atom stereocenters. The number of rotatable bonds is 6. The van der Waals surface area contributed by atoms with E-state index in [2.05, 4.69) is 15.9 Å². The van der Waals surface area contributed by atoms with Gasteiger partial charge in [0.2, 0.25) is 0 Å². The van der Waals surface area contributed by atoms with Crippen LogP contribution in [-0.4, -0.2) is 13.4 Å². The maximum Gasteiger partial charge on any atom is 0.189 e. The van der Waals surface area contributed by atoms with Crippen LogP contribution < -0.4 is 10.5 Å². The van der Waals surface area contributed by atoms with Crippen LogP contribution in [0.2, 0.25) is 0 Å².